The van der Waals surface area contributed by atoms with Gasteiger partial charge < -0.3 is 0 Å². The highest BCUT2D eigenvalue weighted by molar-refractivity contribution is 6.07. The minimum Gasteiger partial charge on any atom is -0.265 e. The summed E-state index contributed by atoms with van der Waals surface area (Å²) in [5, 5.41) is 2.39. The maximum atomic E-state index is 5.33. The Morgan fingerprint density at radius 3 is 1.22 bits per heavy atom. The van der Waals surface area contributed by atoms with Crippen LogP contribution in [0, 0.1) is 0 Å². The number of fused-ring (bicyclic) bond motifs is 4. The van der Waals surface area contributed by atoms with Crippen LogP contribution in [-0.2, 0) is 5.41 Å². The Morgan fingerprint density at radius 2 is 0.678 bits per heavy atom. The van der Waals surface area contributed by atoms with E-state index in [2.05, 4.69) is 175 Å². The van der Waals surface area contributed by atoms with Crippen LogP contribution in [0.4, 0.5) is 0 Å². The summed E-state index contributed by atoms with van der Waals surface area (Å²) in [7, 11) is 0. The molecule has 0 amide bonds. The van der Waals surface area contributed by atoms with Crippen molar-refractivity contribution in [2.24, 2.45) is 0 Å². The van der Waals surface area contributed by atoms with Gasteiger partial charge in [0.2, 0.25) is 0 Å². The molecule has 0 fully saturated rings. The van der Waals surface area contributed by atoms with E-state index in [1.165, 1.54) is 49.7 Å². The summed E-state index contributed by atoms with van der Waals surface area (Å²) in [6.07, 6.45) is 3.73. The first-order chi connectivity index (χ1) is 29.3. The quantitative estimate of drug-likeness (QED) is 0.163. The Balaban J connectivity index is 1.25. The second-order valence-electron chi connectivity index (χ2n) is 14.9. The lowest BCUT2D eigenvalue weighted by Gasteiger charge is -2.36. The van der Waals surface area contributed by atoms with Crippen LogP contribution in [0.25, 0.3) is 78.3 Å². The number of benzene rings is 8. The molecular weight excluding hydrogens is 717 g/mol. The number of pyridine rings is 1. The van der Waals surface area contributed by atoms with Crippen molar-refractivity contribution in [3.8, 4) is 67.5 Å². The average Bonchev–Trinajstić information content (AvgIpc) is 3.64. The highest BCUT2D eigenvalue weighted by atomic mass is 15.0. The van der Waals surface area contributed by atoms with Crippen molar-refractivity contribution in [1.29, 1.82) is 0 Å². The normalized spacial score (nSPS) is 12.5. The Hall–Kier alpha value is -7.82. The summed E-state index contributed by atoms with van der Waals surface area (Å²) < 4.78 is 0. The van der Waals surface area contributed by atoms with E-state index in [0.717, 1.165) is 33.4 Å². The van der Waals surface area contributed by atoms with Gasteiger partial charge in [-0.05, 0) is 78.5 Å². The van der Waals surface area contributed by atoms with Crippen molar-refractivity contribution in [1.82, 2.24) is 19.9 Å². The molecule has 0 bridgehead atoms. The predicted molar refractivity (Wildman–Crippen MR) is 240 cm³/mol. The van der Waals surface area contributed by atoms with Crippen LogP contribution in [0.1, 0.15) is 22.3 Å². The molecule has 2 heterocycles. The molecular formula is C55H36N4. The van der Waals surface area contributed by atoms with Crippen molar-refractivity contribution >= 4 is 10.8 Å². The van der Waals surface area contributed by atoms with Crippen molar-refractivity contribution < 1.29 is 0 Å². The largest absolute Gasteiger partial charge is 0.265 e. The standard InChI is InChI=1S/C55H36N4/c1-5-17-38(18-6-1)52-57-53(39-19-7-2-8-20-39)59-54(58-52)49-30-16-29-48-47-28-15-27-46(45-32-31-42(37-33-35-56-36-34-37)43-25-13-14-26-44(43)45)50(47)55(51(48)49,40-21-9-3-10-22-40)41-23-11-4-12-24-41/h1-36H. The number of nitrogens with zero attached hydrogens (tertiary/aromatic N) is 4. The summed E-state index contributed by atoms with van der Waals surface area (Å²) >= 11 is 0. The molecule has 59 heavy (non-hydrogen) atoms. The summed E-state index contributed by atoms with van der Waals surface area (Å²) in [6.45, 7) is 0. The van der Waals surface area contributed by atoms with Gasteiger partial charge in [-0.1, -0.05) is 194 Å². The molecule has 0 N–H and O–H groups in total. The molecule has 1 aliphatic rings. The van der Waals surface area contributed by atoms with Crippen LogP contribution in [0.3, 0.4) is 0 Å². The first kappa shape index (κ1) is 34.4. The zero-order valence-electron chi connectivity index (χ0n) is 32.1. The van der Waals surface area contributed by atoms with E-state index in [1.807, 2.05) is 48.8 Å². The van der Waals surface area contributed by atoms with E-state index < -0.39 is 5.41 Å². The summed E-state index contributed by atoms with van der Waals surface area (Å²) in [6, 6.07) is 73.4. The van der Waals surface area contributed by atoms with Gasteiger partial charge in [0.1, 0.15) is 0 Å². The molecule has 0 spiro atoms. The molecule has 276 valence electrons. The molecule has 1 aliphatic carbocycles. The van der Waals surface area contributed by atoms with E-state index in [-0.39, 0.29) is 0 Å². The number of hydrogen-bond donors (Lipinski definition) is 0. The maximum Gasteiger partial charge on any atom is 0.164 e. The van der Waals surface area contributed by atoms with Gasteiger partial charge in [0, 0.05) is 29.1 Å². The second-order valence-corrected chi connectivity index (χ2v) is 14.9. The summed E-state index contributed by atoms with van der Waals surface area (Å²) in [4.78, 5) is 20.0. The molecule has 10 aromatic rings. The molecule has 0 radical (unpaired) electrons. The van der Waals surface area contributed by atoms with Gasteiger partial charge in [-0.2, -0.15) is 0 Å². The molecule has 8 aromatic carbocycles. The predicted octanol–water partition coefficient (Wildman–Crippen LogP) is 13.1. The van der Waals surface area contributed by atoms with Crippen LogP contribution >= 0.6 is 0 Å². The fraction of sp³-hybridized carbons (Fsp3) is 0.0182. The monoisotopic (exact) mass is 752 g/mol. The first-order valence-electron chi connectivity index (χ1n) is 20.0. The summed E-state index contributed by atoms with van der Waals surface area (Å²) in [5.41, 5.74) is 13.9. The molecule has 0 aliphatic heterocycles. The smallest absolute Gasteiger partial charge is 0.164 e. The van der Waals surface area contributed by atoms with Crippen LogP contribution < -0.4 is 0 Å². The third-order valence-corrected chi connectivity index (χ3v) is 11.7. The van der Waals surface area contributed by atoms with Crippen molar-refractivity contribution in [3.63, 3.8) is 0 Å². The fourth-order valence-corrected chi connectivity index (χ4v) is 9.26. The van der Waals surface area contributed by atoms with Gasteiger partial charge in [0.15, 0.2) is 17.5 Å². The van der Waals surface area contributed by atoms with Crippen LogP contribution in [0.5, 0.6) is 0 Å². The highest BCUT2D eigenvalue weighted by Crippen LogP contribution is 2.61. The van der Waals surface area contributed by atoms with E-state index >= 15 is 0 Å². The molecule has 2 aromatic heterocycles. The van der Waals surface area contributed by atoms with E-state index in [4.69, 9.17) is 15.0 Å². The van der Waals surface area contributed by atoms with Gasteiger partial charge >= 0.3 is 0 Å². The van der Waals surface area contributed by atoms with Crippen LogP contribution in [0.2, 0.25) is 0 Å². The molecule has 4 heteroatoms. The average molecular weight is 753 g/mol. The number of hydrogen-bond acceptors (Lipinski definition) is 4. The molecule has 4 nitrogen and oxygen atoms in total. The van der Waals surface area contributed by atoms with E-state index in [9.17, 15) is 0 Å². The Kier molecular flexibility index (Phi) is 8.34. The highest BCUT2D eigenvalue weighted by Gasteiger charge is 2.49. The lowest BCUT2D eigenvalue weighted by Crippen LogP contribution is -2.30. The zero-order chi connectivity index (χ0) is 39.2. The number of rotatable bonds is 7. The third kappa shape index (κ3) is 5.60. The van der Waals surface area contributed by atoms with Crippen LogP contribution in [-0.4, -0.2) is 19.9 Å². The SMILES string of the molecule is c1ccc(-c2nc(-c3ccccc3)nc(-c3cccc4c3C(c3ccccc3)(c3ccccc3)c3c-4cccc3-c3ccc(-c4ccncc4)c4ccccc34)n2)cc1. The third-order valence-electron chi connectivity index (χ3n) is 11.7. The second kappa shape index (κ2) is 14.3. The molecule has 0 saturated heterocycles. The van der Waals surface area contributed by atoms with Gasteiger partial charge in [-0.25, -0.2) is 15.0 Å². The minimum atomic E-state index is -0.752. The number of aromatic nitrogens is 4. The molecule has 0 unspecified atom stereocenters. The van der Waals surface area contributed by atoms with Crippen molar-refractivity contribution in [2.45, 2.75) is 5.41 Å². The first-order valence-corrected chi connectivity index (χ1v) is 20.0. The van der Waals surface area contributed by atoms with Gasteiger partial charge in [0.05, 0.1) is 5.41 Å². The van der Waals surface area contributed by atoms with Crippen LogP contribution in [0.15, 0.2) is 219 Å². The van der Waals surface area contributed by atoms with Gasteiger partial charge in [-0.15, -0.1) is 0 Å². The summed E-state index contributed by atoms with van der Waals surface area (Å²) in [5.74, 6) is 1.90. The molecule has 0 saturated carbocycles. The lowest BCUT2D eigenvalue weighted by molar-refractivity contribution is 0.771. The topological polar surface area (TPSA) is 51.6 Å². The molecule has 0 atom stereocenters. The molecule has 11 rings (SSSR count). The Morgan fingerprint density at radius 1 is 0.271 bits per heavy atom. The van der Waals surface area contributed by atoms with Crippen molar-refractivity contribution in [2.75, 3.05) is 0 Å². The Bertz CT molecular complexity index is 3030. The van der Waals surface area contributed by atoms with Crippen molar-refractivity contribution in [3.05, 3.63) is 241 Å². The van der Waals surface area contributed by atoms with E-state index in [1.54, 1.807) is 0 Å². The lowest BCUT2D eigenvalue weighted by atomic mass is 9.65. The minimum absolute atomic E-state index is 0.632. The Labute approximate surface area is 343 Å². The van der Waals surface area contributed by atoms with Gasteiger partial charge in [0.25, 0.3) is 0 Å². The zero-order valence-corrected chi connectivity index (χ0v) is 32.1. The van der Waals surface area contributed by atoms with E-state index in [0.29, 0.717) is 17.5 Å². The maximum absolute atomic E-state index is 5.33. The van der Waals surface area contributed by atoms with Gasteiger partial charge in [-0.3, -0.25) is 4.98 Å². The fourth-order valence-electron chi connectivity index (χ4n) is 9.26.